The van der Waals surface area contributed by atoms with Gasteiger partial charge in [-0.25, -0.2) is 4.98 Å². The van der Waals surface area contributed by atoms with Crippen LogP contribution in [0.15, 0.2) is 59.7 Å². The summed E-state index contributed by atoms with van der Waals surface area (Å²) in [5, 5.41) is 11.7. The number of nitrogens with zero attached hydrogens (tertiary/aromatic N) is 4. The molecule has 0 spiro atoms. The van der Waals surface area contributed by atoms with Crippen molar-refractivity contribution in [3.63, 3.8) is 0 Å². The summed E-state index contributed by atoms with van der Waals surface area (Å²) in [5.41, 5.74) is 3.24. The molecule has 0 aliphatic carbocycles. The Balaban J connectivity index is 1.47. The zero-order valence-corrected chi connectivity index (χ0v) is 18.4. The molecule has 1 amide bonds. The van der Waals surface area contributed by atoms with Crippen molar-refractivity contribution in [1.82, 2.24) is 19.4 Å². The summed E-state index contributed by atoms with van der Waals surface area (Å²) in [4.78, 5) is 36.2. The van der Waals surface area contributed by atoms with Crippen LogP contribution in [0.4, 0.5) is 0 Å². The molecule has 8 nitrogen and oxygen atoms in total. The first-order valence-corrected chi connectivity index (χ1v) is 10.8. The predicted octanol–water partition coefficient (Wildman–Crippen LogP) is 2.37. The van der Waals surface area contributed by atoms with Crippen LogP contribution in [0, 0.1) is 0 Å². The van der Waals surface area contributed by atoms with E-state index in [9.17, 15) is 14.7 Å². The molecule has 5 rings (SSSR count). The van der Waals surface area contributed by atoms with Crippen LogP contribution in [0.1, 0.15) is 16.8 Å². The lowest BCUT2D eigenvalue weighted by Crippen LogP contribution is -2.49. The summed E-state index contributed by atoms with van der Waals surface area (Å²) < 4.78 is 6.81. The van der Waals surface area contributed by atoms with Gasteiger partial charge in [0.25, 0.3) is 11.5 Å². The lowest BCUT2D eigenvalue weighted by Gasteiger charge is -2.35. The number of aromatic nitrogens is 3. The summed E-state index contributed by atoms with van der Waals surface area (Å²) in [7, 11) is 3.30. The maximum atomic E-state index is 13.0. The van der Waals surface area contributed by atoms with Crippen LogP contribution in [0.5, 0.6) is 0 Å². The maximum absolute atomic E-state index is 13.0. The standard InChI is InChI=1S/C25H24N4O4/c1-28-9-7-15-11-16(3-5-18(15)25(28)32)21-13-26-19-6-4-17(12-20(19)27-21)24(31)29-10-8-23(33-2)22(30)14-29/h3-7,9,11-13,22-23,30H,8,10,14H2,1-2H3/t22-,23-/m0/s1. The molecule has 1 saturated heterocycles. The number of likely N-dealkylation sites (tertiary alicyclic amines) is 1. The Hall–Kier alpha value is -3.62. The topological polar surface area (TPSA) is 97.6 Å². The molecule has 33 heavy (non-hydrogen) atoms. The van der Waals surface area contributed by atoms with Gasteiger partial charge in [0.2, 0.25) is 0 Å². The molecule has 1 aliphatic rings. The summed E-state index contributed by atoms with van der Waals surface area (Å²) in [6, 6.07) is 12.7. The van der Waals surface area contributed by atoms with E-state index >= 15 is 0 Å². The fourth-order valence-corrected chi connectivity index (χ4v) is 4.34. The summed E-state index contributed by atoms with van der Waals surface area (Å²) in [5.74, 6) is -0.153. The van der Waals surface area contributed by atoms with Crippen LogP contribution < -0.4 is 5.56 Å². The fraction of sp³-hybridized carbons (Fsp3) is 0.280. The van der Waals surface area contributed by atoms with Crippen molar-refractivity contribution >= 4 is 27.7 Å². The number of hydrogen-bond donors (Lipinski definition) is 1. The first kappa shape index (κ1) is 21.2. The number of β-amino-alcohol motifs (C(OH)–C–C–N with tert-alkyl or cyclic N) is 1. The first-order chi connectivity index (χ1) is 15.9. The van der Waals surface area contributed by atoms with Crippen molar-refractivity contribution in [2.75, 3.05) is 20.2 Å². The number of aliphatic hydroxyl groups excluding tert-OH is 1. The number of benzene rings is 2. The Kier molecular flexibility index (Phi) is 5.39. The zero-order valence-electron chi connectivity index (χ0n) is 18.4. The molecule has 1 N–H and O–H groups in total. The van der Waals surface area contributed by atoms with Crippen LogP contribution in [0.3, 0.4) is 0 Å². The molecular formula is C25H24N4O4. The van der Waals surface area contributed by atoms with Crippen molar-refractivity contribution in [1.29, 1.82) is 0 Å². The molecule has 3 heterocycles. The van der Waals surface area contributed by atoms with Gasteiger partial charge < -0.3 is 19.3 Å². The molecule has 2 aromatic heterocycles. The molecule has 8 heteroatoms. The average molecular weight is 444 g/mol. The predicted molar refractivity (Wildman–Crippen MR) is 125 cm³/mol. The number of methoxy groups -OCH3 is 1. The number of ether oxygens (including phenoxy) is 1. The minimum Gasteiger partial charge on any atom is -0.389 e. The highest BCUT2D eigenvalue weighted by Crippen LogP contribution is 2.24. The van der Waals surface area contributed by atoms with Crippen molar-refractivity contribution in [3.05, 3.63) is 70.8 Å². The number of pyridine rings is 1. The van der Waals surface area contributed by atoms with Gasteiger partial charge in [-0.1, -0.05) is 6.07 Å². The molecule has 0 bridgehead atoms. The van der Waals surface area contributed by atoms with Gasteiger partial charge in [-0.05, 0) is 48.2 Å². The molecule has 1 fully saturated rings. The molecule has 4 aromatic rings. The molecule has 2 atom stereocenters. The van der Waals surface area contributed by atoms with Crippen molar-refractivity contribution in [2.24, 2.45) is 7.05 Å². The second-order valence-electron chi connectivity index (χ2n) is 8.37. The van der Waals surface area contributed by atoms with E-state index in [-0.39, 0.29) is 24.1 Å². The highest BCUT2D eigenvalue weighted by molar-refractivity contribution is 5.97. The third kappa shape index (κ3) is 3.88. The molecule has 2 aromatic carbocycles. The molecule has 168 valence electrons. The number of aliphatic hydroxyl groups is 1. The lowest BCUT2D eigenvalue weighted by molar-refractivity contribution is -0.0537. The van der Waals surface area contributed by atoms with Crippen LogP contribution >= 0.6 is 0 Å². The number of rotatable bonds is 3. The average Bonchev–Trinajstić information content (AvgIpc) is 2.85. The second kappa shape index (κ2) is 8.38. The van der Waals surface area contributed by atoms with E-state index in [1.165, 1.54) is 0 Å². The third-order valence-corrected chi connectivity index (χ3v) is 6.28. The quantitative estimate of drug-likeness (QED) is 0.521. The number of carbonyl (C=O) groups is 1. The summed E-state index contributed by atoms with van der Waals surface area (Å²) in [6.07, 6.45) is 3.07. The molecule has 1 aliphatic heterocycles. The Morgan fingerprint density at radius 1 is 1.15 bits per heavy atom. The fourth-order valence-electron chi connectivity index (χ4n) is 4.34. The Bertz CT molecular complexity index is 1430. The van der Waals surface area contributed by atoms with Gasteiger partial charge in [0, 0.05) is 50.0 Å². The van der Waals surface area contributed by atoms with Gasteiger partial charge in [-0.2, -0.15) is 0 Å². The van der Waals surface area contributed by atoms with Crippen LogP contribution in [-0.2, 0) is 11.8 Å². The van der Waals surface area contributed by atoms with Gasteiger partial charge in [0.1, 0.15) is 0 Å². The van der Waals surface area contributed by atoms with E-state index in [1.54, 1.807) is 60.3 Å². The van der Waals surface area contributed by atoms with Gasteiger partial charge in [-0.15, -0.1) is 0 Å². The van der Waals surface area contributed by atoms with Gasteiger partial charge in [0.05, 0.1) is 35.1 Å². The largest absolute Gasteiger partial charge is 0.389 e. The van der Waals surface area contributed by atoms with E-state index in [4.69, 9.17) is 9.72 Å². The summed E-state index contributed by atoms with van der Waals surface area (Å²) in [6.45, 7) is 0.756. The highest BCUT2D eigenvalue weighted by Gasteiger charge is 2.30. The molecule has 0 saturated carbocycles. The minimum atomic E-state index is -0.704. The molecular weight excluding hydrogens is 420 g/mol. The van der Waals surface area contributed by atoms with Gasteiger partial charge in [-0.3, -0.25) is 14.6 Å². The Labute approximate surface area is 190 Å². The zero-order chi connectivity index (χ0) is 23.1. The SMILES string of the molecule is CO[C@H]1CCN(C(=O)c2ccc3ncc(-c4ccc5c(=O)n(C)ccc5c4)nc3c2)C[C@@H]1O. The minimum absolute atomic E-state index is 0.0496. The highest BCUT2D eigenvalue weighted by atomic mass is 16.5. The van der Waals surface area contributed by atoms with Crippen molar-refractivity contribution < 1.29 is 14.6 Å². The van der Waals surface area contributed by atoms with Crippen molar-refractivity contribution in [2.45, 2.75) is 18.6 Å². The van der Waals surface area contributed by atoms with Crippen LogP contribution in [0.2, 0.25) is 0 Å². The van der Waals surface area contributed by atoms with Crippen LogP contribution in [0.25, 0.3) is 33.1 Å². The number of piperidine rings is 1. The second-order valence-corrected chi connectivity index (χ2v) is 8.37. The summed E-state index contributed by atoms with van der Waals surface area (Å²) >= 11 is 0. The number of carbonyl (C=O) groups excluding carboxylic acids is 1. The molecule has 0 radical (unpaired) electrons. The van der Waals surface area contributed by atoms with Gasteiger partial charge >= 0.3 is 0 Å². The third-order valence-electron chi connectivity index (χ3n) is 6.28. The molecule has 0 unspecified atom stereocenters. The monoisotopic (exact) mass is 444 g/mol. The lowest BCUT2D eigenvalue weighted by atomic mass is 10.0. The normalized spacial score (nSPS) is 18.7. The Morgan fingerprint density at radius 2 is 2.00 bits per heavy atom. The first-order valence-electron chi connectivity index (χ1n) is 10.8. The smallest absolute Gasteiger partial charge is 0.258 e. The number of hydrogen-bond acceptors (Lipinski definition) is 6. The van der Waals surface area contributed by atoms with Crippen molar-refractivity contribution in [3.8, 4) is 11.3 Å². The maximum Gasteiger partial charge on any atom is 0.258 e. The van der Waals surface area contributed by atoms with E-state index in [2.05, 4.69) is 4.98 Å². The van der Waals surface area contributed by atoms with E-state index in [0.717, 1.165) is 10.9 Å². The Morgan fingerprint density at radius 3 is 2.79 bits per heavy atom. The van der Waals surface area contributed by atoms with E-state index < -0.39 is 6.10 Å². The van der Waals surface area contributed by atoms with Crippen LogP contribution in [-0.4, -0.2) is 62.9 Å². The number of fused-ring (bicyclic) bond motifs is 2. The van der Waals surface area contributed by atoms with E-state index in [0.29, 0.717) is 40.6 Å². The van der Waals surface area contributed by atoms with Gasteiger partial charge in [0.15, 0.2) is 0 Å². The number of amides is 1. The number of aryl methyl sites for hydroxylation is 1. The van der Waals surface area contributed by atoms with E-state index in [1.807, 2.05) is 18.2 Å².